The summed E-state index contributed by atoms with van der Waals surface area (Å²) in [7, 11) is 0. The molecule has 3 atom stereocenters. The highest BCUT2D eigenvalue weighted by atomic mass is 16.1. The topological polar surface area (TPSA) is 17.1 Å². The first-order valence-electron chi connectivity index (χ1n) is 5.94. The zero-order chi connectivity index (χ0) is 10.3. The Balaban J connectivity index is 1.95. The van der Waals surface area contributed by atoms with Crippen LogP contribution in [0, 0.1) is 11.8 Å². The number of hydrogen-bond acceptors (Lipinski definition) is 1. The highest BCUT2D eigenvalue weighted by Crippen LogP contribution is 2.49. The number of hydrogen-bond donors (Lipinski definition) is 0. The zero-order valence-electron chi connectivity index (χ0n) is 8.86. The monoisotopic (exact) mass is 200 g/mol. The second-order valence-corrected chi connectivity index (χ2v) is 4.91. The molecule has 2 aliphatic carbocycles. The van der Waals surface area contributed by atoms with E-state index >= 15 is 0 Å². The van der Waals surface area contributed by atoms with Crippen molar-refractivity contribution >= 4 is 5.78 Å². The Bertz CT molecular complexity index is 368. The fourth-order valence-corrected chi connectivity index (χ4v) is 3.48. The molecule has 2 saturated carbocycles. The first-order valence-corrected chi connectivity index (χ1v) is 5.94. The van der Waals surface area contributed by atoms with Crippen LogP contribution in [0.3, 0.4) is 0 Å². The fraction of sp³-hybridized carbons (Fsp3) is 0.500. The van der Waals surface area contributed by atoms with E-state index < -0.39 is 0 Å². The highest BCUT2D eigenvalue weighted by Gasteiger charge is 2.44. The minimum Gasteiger partial charge on any atom is -0.299 e. The Morgan fingerprint density at radius 2 is 1.87 bits per heavy atom. The van der Waals surface area contributed by atoms with Crippen LogP contribution in [-0.4, -0.2) is 5.78 Å². The molecule has 0 heterocycles. The number of carbonyl (C=O) groups is 1. The van der Waals surface area contributed by atoms with Crippen molar-refractivity contribution in [1.29, 1.82) is 0 Å². The number of carbonyl (C=O) groups excluding carboxylic acids is 1. The van der Waals surface area contributed by atoms with Crippen molar-refractivity contribution < 1.29 is 4.79 Å². The van der Waals surface area contributed by atoms with Crippen molar-refractivity contribution in [3.63, 3.8) is 0 Å². The summed E-state index contributed by atoms with van der Waals surface area (Å²) in [4.78, 5) is 12.0. The van der Waals surface area contributed by atoms with Crippen molar-refractivity contribution in [3.8, 4) is 0 Å². The van der Waals surface area contributed by atoms with Gasteiger partial charge in [-0.15, -0.1) is 0 Å². The largest absolute Gasteiger partial charge is 0.299 e. The van der Waals surface area contributed by atoms with Crippen LogP contribution in [-0.2, 0) is 4.79 Å². The van der Waals surface area contributed by atoms with E-state index in [0.717, 1.165) is 6.42 Å². The lowest BCUT2D eigenvalue weighted by Gasteiger charge is -2.17. The Hall–Kier alpha value is -1.11. The van der Waals surface area contributed by atoms with Crippen LogP contribution < -0.4 is 0 Å². The Morgan fingerprint density at radius 1 is 1.07 bits per heavy atom. The molecule has 0 spiro atoms. The molecule has 1 nitrogen and oxygen atoms in total. The molecule has 1 heteroatoms. The predicted octanol–water partition coefficient (Wildman–Crippen LogP) is 3.16. The third-order valence-corrected chi connectivity index (χ3v) is 4.11. The van der Waals surface area contributed by atoms with Gasteiger partial charge >= 0.3 is 0 Å². The van der Waals surface area contributed by atoms with Gasteiger partial charge in [-0.1, -0.05) is 36.8 Å². The molecule has 0 radical (unpaired) electrons. The quantitative estimate of drug-likeness (QED) is 0.680. The van der Waals surface area contributed by atoms with Crippen LogP contribution in [0.15, 0.2) is 30.3 Å². The van der Waals surface area contributed by atoms with Crippen LogP contribution >= 0.6 is 0 Å². The summed E-state index contributed by atoms with van der Waals surface area (Å²) in [6, 6.07) is 10.3. The third-order valence-electron chi connectivity index (χ3n) is 4.11. The maximum atomic E-state index is 12.0. The first kappa shape index (κ1) is 9.14. The van der Waals surface area contributed by atoms with Crippen molar-refractivity contribution in [1.82, 2.24) is 0 Å². The lowest BCUT2D eigenvalue weighted by molar-refractivity contribution is -0.119. The van der Waals surface area contributed by atoms with Crippen LogP contribution in [0.25, 0.3) is 0 Å². The number of Topliss-reactive ketones (excluding diaryl/α,β-unsaturated/α-hetero) is 1. The second-order valence-electron chi connectivity index (χ2n) is 4.91. The van der Waals surface area contributed by atoms with Gasteiger partial charge in [-0.3, -0.25) is 4.79 Å². The Morgan fingerprint density at radius 3 is 2.67 bits per heavy atom. The summed E-state index contributed by atoms with van der Waals surface area (Å²) in [5, 5.41) is 0. The Labute approximate surface area is 90.5 Å². The summed E-state index contributed by atoms with van der Waals surface area (Å²) >= 11 is 0. The lowest BCUT2D eigenvalue weighted by Crippen LogP contribution is -2.12. The molecule has 0 aliphatic heterocycles. The van der Waals surface area contributed by atoms with Crippen molar-refractivity contribution in [2.24, 2.45) is 11.8 Å². The van der Waals surface area contributed by atoms with Crippen LogP contribution in [0.4, 0.5) is 0 Å². The standard InChI is InChI=1S/C14H16O/c15-13-9-11-7-4-8-12(11)14(13)10-5-2-1-3-6-10/h1-3,5-6,11-12,14H,4,7-9H2/t11-,12+,14+/m1/s1. The second kappa shape index (κ2) is 3.48. The van der Waals surface area contributed by atoms with Gasteiger partial charge in [0.05, 0.1) is 0 Å². The van der Waals surface area contributed by atoms with Crippen molar-refractivity contribution in [3.05, 3.63) is 35.9 Å². The molecular weight excluding hydrogens is 184 g/mol. The number of fused-ring (bicyclic) bond motifs is 1. The minimum absolute atomic E-state index is 0.221. The summed E-state index contributed by atoms with van der Waals surface area (Å²) in [6.45, 7) is 0. The number of benzene rings is 1. The van der Waals surface area contributed by atoms with Gasteiger partial charge in [0.15, 0.2) is 0 Å². The molecule has 0 amide bonds. The molecule has 1 aromatic rings. The van der Waals surface area contributed by atoms with E-state index in [1.54, 1.807) is 0 Å². The van der Waals surface area contributed by atoms with E-state index in [9.17, 15) is 4.79 Å². The van der Waals surface area contributed by atoms with Gasteiger partial charge in [0.25, 0.3) is 0 Å². The zero-order valence-corrected chi connectivity index (χ0v) is 8.86. The minimum atomic E-state index is 0.221. The van der Waals surface area contributed by atoms with Gasteiger partial charge in [0.2, 0.25) is 0 Å². The normalized spacial score (nSPS) is 34.4. The Kier molecular flexibility index (Phi) is 2.12. The van der Waals surface area contributed by atoms with E-state index in [2.05, 4.69) is 12.1 Å². The molecule has 0 aromatic heterocycles. The van der Waals surface area contributed by atoms with Crippen molar-refractivity contribution in [2.75, 3.05) is 0 Å². The molecular formula is C14H16O. The molecule has 78 valence electrons. The highest BCUT2D eigenvalue weighted by molar-refractivity contribution is 5.88. The van der Waals surface area contributed by atoms with Crippen molar-refractivity contribution in [2.45, 2.75) is 31.6 Å². The summed E-state index contributed by atoms with van der Waals surface area (Å²) in [5.41, 5.74) is 1.25. The van der Waals surface area contributed by atoms with Gasteiger partial charge < -0.3 is 0 Å². The number of ketones is 1. The van der Waals surface area contributed by atoms with E-state index in [1.807, 2.05) is 18.2 Å². The van der Waals surface area contributed by atoms with Crippen LogP contribution in [0.1, 0.15) is 37.2 Å². The SMILES string of the molecule is O=C1C[C@H]2CCC[C@@H]2[C@@H]1c1ccccc1. The fourth-order valence-electron chi connectivity index (χ4n) is 3.48. The van der Waals surface area contributed by atoms with Gasteiger partial charge in [-0.2, -0.15) is 0 Å². The molecule has 0 saturated heterocycles. The van der Waals surface area contributed by atoms with Gasteiger partial charge in [-0.25, -0.2) is 0 Å². The van der Waals surface area contributed by atoms with Gasteiger partial charge in [0, 0.05) is 12.3 Å². The molecule has 2 aliphatic rings. The maximum absolute atomic E-state index is 12.0. The predicted molar refractivity (Wildman–Crippen MR) is 59.6 cm³/mol. The van der Waals surface area contributed by atoms with Gasteiger partial charge in [0.1, 0.15) is 5.78 Å². The van der Waals surface area contributed by atoms with Crippen LogP contribution in [0.5, 0.6) is 0 Å². The maximum Gasteiger partial charge on any atom is 0.140 e. The smallest absolute Gasteiger partial charge is 0.140 e. The van der Waals surface area contributed by atoms with E-state index in [0.29, 0.717) is 17.6 Å². The first-order chi connectivity index (χ1) is 7.36. The molecule has 0 N–H and O–H groups in total. The van der Waals surface area contributed by atoms with E-state index in [-0.39, 0.29) is 5.92 Å². The lowest BCUT2D eigenvalue weighted by atomic mass is 9.86. The van der Waals surface area contributed by atoms with E-state index in [1.165, 1.54) is 24.8 Å². The van der Waals surface area contributed by atoms with Crippen LogP contribution in [0.2, 0.25) is 0 Å². The summed E-state index contributed by atoms with van der Waals surface area (Å²) in [5.74, 6) is 2.05. The molecule has 15 heavy (non-hydrogen) atoms. The molecule has 0 bridgehead atoms. The third kappa shape index (κ3) is 1.41. The molecule has 3 rings (SSSR count). The summed E-state index contributed by atoms with van der Waals surface area (Å²) < 4.78 is 0. The average molecular weight is 200 g/mol. The van der Waals surface area contributed by atoms with Gasteiger partial charge in [-0.05, 0) is 30.2 Å². The average Bonchev–Trinajstić information content (AvgIpc) is 2.78. The summed E-state index contributed by atoms with van der Waals surface area (Å²) in [6.07, 6.45) is 4.70. The number of rotatable bonds is 1. The molecule has 2 fully saturated rings. The molecule has 0 unspecified atom stereocenters. The molecule has 1 aromatic carbocycles. The van der Waals surface area contributed by atoms with E-state index in [4.69, 9.17) is 0 Å².